The molecule has 3 fully saturated rings. The molecule has 3 saturated heterocycles. The van der Waals surface area contributed by atoms with Gasteiger partial charge in [-0.25, -0.2) is 0 Å². The molecule has 1 unspecified atom stereocenters. The van der Waals surface area contributed by atoms with Crippen molar-refractivity contribution in [2.45, 2.75) is 76.4 Å². The molecule has 3 aliphatic heterocycles. The fourth-order valence-electron chi connectivity index (χ4n) is 6.21. The minimum absolute atomic E-state index is 0.0513. The lowest BCUT2D eigenvalue weighted by Gasteiger charge is -2.47. The molecule has 3 aromatic rings. The van der Waals surface area contributed by atoms with Crippen LogP contribution in [-0.4, -0.2) is 50.8 Å². The first-order valence-corrected chi connectivity index (χ1v) is 14.1. The van der Waals surface area contributed by atoms with Gasteiger partial charge in [0.2, 0.25) is 5.91 Å². The molecule has 1 aromatic carbocycles. The highest BCUT2D eigenvalue weighted by Crippen LogP contribution is 2.34. The van der Waals surface area contributed by atoms with Gasteiger partial charge in [0, 0.05) is 37.4 Å². The SMILES string of the molecule is O=C(C1CC2CCN1CC2)N(Cc1ccccc1)C(CCCc1cccnc1)CCCc1cccnc1. The van der Waals surface area contributed by atoms with E-state index in [1.165, 1.54) is 29.5 Å². The van der Waals surface area contributed by atoms with Gasteiger partial charge in [0.15, 0.2) is 0 Å². The van der Waals surface area contributed by atoms with E-state index < -0.39 is 0 Å². The standard InChI is InChI=1S/C32H40N4O/c37-32(31-22-26-16-20-35(31)21-17-26)36(25-29-8-2-1-3-9-29)30(14-4-10-27-12-6-18-33-23-27)15-5-11-28-13-7-19-34-24-28/h1-3,6-9,12-13,18-19,23-24,26,30-31H,4-5,10-11,14-17,20-22,25H2. The number of aromatic nitrogens is 2. The van der Waals surface area contributed by atoms with Gasteiger partial charge in [-0.2, -0.15) is 0 Å². The maximum absolute atomic E-state index is 14.3. The molecule has 1 atom stereocenters. The Hall–Kier alpha value is -3.05. The van der Waals surface area contributed by atoms with E-state index in [1.54, 1.807) is 0 Å². The molecule has 0 spiro atoms. The van der Waals surface area contributed by atoms with Gasteiger partial charge in [0.25, 0.3) is 0 Å². The van der Waals surface area contributed by atoms with Crippen molar-refractivity contribution < 1.29 is 4.79 Å². The molecule has 194 valence electrons. The van der Waals surface area contributed by atoms with Crippen molar-refractivity contribution in [3.8, 4) is 0 Å². The van der Waals surface area contributed by atoms with Crippen molar-refractivity contribution >= 4 is 5.91 Å². The van der Waals surface area contributed by atoms with Crippen LogP contribution in [-0.2, 0) is 24.2 Å². The quantitative estimate of drug-likeness (QED) is 0.323. The zero-order valence-electron chi connectivity index (χ0n) is 21.9. The molecule has 5 heteroatoms. The Kier molecular flexibility index (Phi) is 8.96. The van der Waals surface area contributed by atoms with E-state index in [4.69, 9.17) is 0 Å². The normalized spacial score (nSPS) is 20.7. The van der Waals surface area contributed by atoms with Crippen LogP contribution in [0.1, 0.15) is 61.6 Å². The van der Waals surface area contributed by atoms with Crippen LogP contribution in [0.15, 0.2) is 79.4 Å². The van der Waals surface area contributed by atoms with Crippen molar-refractivity contribution in [2.24, 2.45) is 5.92 Å². The summed E-state index contributed by atoms with van der Waals surface area (Å²) in [5, 5.41) is 0. The average Bonchev–Trinajstić information content (AvgIpc) is 2.97. The lowest BCUT2D eigenvalue weighted by Crippen LogP contribution is -2.57. The second-order valence-corrected chi connectivity index (χ2v) is 10.8. The van der Waals surface area contributed by atoms with Gasteiger partial charge in [-0.3, -0.25) is 19.7 Å². The Labute approximate surface area is 221 Å². The van der Waals surface area contributed by atoms with Crippen molar-refractivity contribution in [1.29, 1.82) is 0 Å². The topological polar surface area (TPSA) is 49.3 Å². The summed E-state index contributed by atoms with van der Waals surface area (Å²) < 4.78 is 0. The summed E-state index contributed by atoms with van der Waals surface area (Å²) in [5.41, 5.74) is 3.76. The van der Waals surface area contributed by atoms with E-state index in [-0.39, 0.29) is 12.1 Å². The molecule has 5 nitrogen and oxygen atoms in total. The number of hydrogen-bond acceptors (Lipinski definition) is 4. The number of amides is 1. The molecule has 1 amide bonds. The second-order valence-electron chi connectivity index (χ2n) is 10.8. The highest BCUT2D eigenvalue weighted by molar-refractivity contribution is 5.82. The zero-order chi connectivity index (χ0) is 25.3. The van der Waals surface area contributed by atoms with E-state index in [9.17, 15) is 4.79 Å². The first-order chi connectivity index (χ1) is 18.3. The first kappa shape index (κ1) is 25.6. The van der Waals surface area contributed by atoms with Crippen molar-refractivity contribution in [3.05, 3.63) is 96.1 Å². The van der Waals surface area contributed by atoms with Gasteiger partial charge in [-0.15, -0.1) is 0 Å². The van der Waals surface area contributed by atoms with Gasteiger partial charge in [0.05, 0.1) is 6.04 Å². The molecule has 0 radical (unpaired) electrons. The van der Waals surface area contributed by atoms with Crippen LogP contribution in [0, 0.1) is 5.92 Å². The Morgan fingerprint density at radius 1 is 0.838 bits per heavy atom. The smallest absolute Gasteiger partial charge is 0.240 e. The Morgan fingerprint density at radius 2 is 1.43 bits per heavy atom. The third kappa shape index (κ3) is 7.04. The second kappa shape index (κ2) is 13.0. The van der Waals surface area contributed by atoms with Crippen molar-refractivity contribution in [2.75, 3.05) is 13.1 Å². The number of benzene rings is 1. The van der Waals surface area contributed by atoms with E-state index >= 15 is 0 Å². The third-order valence-corrected chi connectivity index (χ3v) is 8.30. The number of aryl methyl sites for hydroxylation is 2. The highest BCUT2D eigenvalue weighted by Gasteiger charge is 2.40. The number of nitrogens with zero attached hydrogens (tertiary/aromatic N) is 4. The molecule has 37 heavy (non-hydrogen) atoms. The zero-order valence-corrected chi connectivity index (χ0v) is 21.9. The predicted molar refractivity (Wildman–Crippen MR) is 148 cm³/mol. The minimum atomic E-state index is 0.0513. The number of hydrogen-bond donors (Lipinski definition) is 0. The minimum Gasteiger partial charge on any atom is -0.334 e. The monoisotopic (exact) mass is 496 g/mol. The third-order valence-electron chi connectivity index (χ3n) is 8.30. The molecule has 2 bridgehead atoms. The maximum Gasteiger partial charge on any atom is 0.240 e. The van der Waals surface area contributed by atoms with Crippen LogP contribution < -0.4 is 0 Å². The van der Waals surface area contributed by atoms with Gasteiger partial charge >= 0.3 is 0 Å². The van der Waals surface area contributed by atoms with Crippen LogP contribution in [0.3, 0.4) is 0 Å². The fourth-order valence-corrected chi connectivity index (χ4v) is 6.21. The summed E-state index contributed by atoms with van der Waals surface area (Å²) in [6, 6.07) is 19.2. The molecule has 3 aliphatic rings. The Morgan fingerprint density at radius 3 is 1.95 bits per heavy atom. The van der Waals surface area contributed by atoms with E-state index in [0.717, 1.165) is 58.0 Å². The lowest BCUT2D eigenvalue weighted by atomic mass is 9.82. The highest BCUT2D eigenvalue weighted by atomic mass is 16.2. The van der Waals surface area contributed by atoms with E-state index in [1.807, 2.05) is 36.9 Å². The number of carbonyl (C=O) groups is 1. The summed E-state index contributed by atoms with van der Waals surface area (Å²) in [4.78, 5) is 27.6. The van der Waals surface area contributed by atoms with Crippen LogP contribution in [0.2, 0.25) is 0 Å². The molecular weight excluding hydrogens is 456 g/mol. The molecule has 5 heterocycles. The van der Waals surface area contributed by atoms with Crippen molar-refractivity contribution in [1.82, 2.24) is 19.8 Å². The summed E-state index contributed by atoms with van der Waals surface area (Å²) in [7, 11) is 0. The summed E-state index contributed by atoms with van der Waals surface area (Å²) in [6.45, 7) is 2.85. The molecule has 0 aliphatic carbocycles. The van der Waals surface area contributed by atoms with Gasteiger partial charge in [-0.1, -0.05) is 42.5 Å². The molecular formula is C32H40N4O. The van der Waals surface area contributed by atoms with Crippen LogP contribution in [0.4, 0.5) is 0 Å². The maximum atomic E-state index is 14.3. The van der Waals surface area contributed by atoms with Crippen LogP contribution in [0.25, 0.3) is 0 Å². The molecule has 6 rings (SSSR count). The van der Waals surface area contributed by atoms with E-state index in [2.05, 4.69) is 62.2 Å². The van der Waals surface area contributed by atoms with Crippen molar-refractivity contribution in [3.63, 3.8) is 0 Å². The summed E-state index contributed by atoms with van der Waals surface area (Å²) >= 11 is 0. The summed E-state index contributed by atoms with van der Waals surface area (Å²) in [5.74, 6) is 1.06. The average molecular weight is 497 g/mol. The molecule has 0 saturated carbocycles. The predicted octanol–water partition coefficient (Wildman–Crippen LogP) is 5.70. The van der Waals surface area contributed by atoms with Crippen LogP contribution >= 0.6 is 0 Å². The number of fused-ring (bicyclic) bond motifs is 3. The molecule has 2 aromatic heterocycles. The first-order valence-electron chi connectivity index (χ1n) is 14.1. The Balaban J connectivity index is 1.34. The fraction of sp³-hybridized carbons (Fsp3) is 0.469. The Bertz CT molecular complexity index is 1040. The number of pyridine rings is 2. The number of carbonyl (C=O) groups excluding carboxylic acids is 1. The molecule has 0 N–H and O–H groups in total. The lowest BCUT2D eigenvalue weighted by molar-refractivity contribution is -0.145. The van der Waals surface area contributed by atoms with Gasteiger partial charge < -0.3 is 4.90 Å². The van der Waals surface area contributed by atoms with Crippen LogP contribution in [0.5, 0.6) is 0 Å². The van der Waals surface area contributed by atoms with Gasteiger partial charge in [0.1, 0.15) is 0 Å². The number of rotatable bonds is 12. The summed E-state index contributed by atoms with van der Waals surface area (Å²) in [6.07, 6.45) is 17.3. The van der Waals surface area contributed by atoms with Gasteiger partial charge in [-0.05, 0) is 106 Å². The number of piperidine rings is 3. The largest absolute Gasteiger partial charge is 0.334 e. The van der Waals surface area contributed by atoms with E-state index in [0.29, 0.717) is 18.4 Å².